The van der Waals surface area contributed by atoms with Gasteiger partial charge in [0.05, 0.1) is 10.3 Å². The van der Waals surface area contributed by atoms with E-state index in [4.69, 9.17) is 0 Å². The van der Waals surface area contributed by atoms with Gasteiger partial charge in [0.1, 0.15) is 6.42 Å². The number of hydrogen-bond acceptors (Lipinski definition) is 4. The minimum atomic E-state index is -0.647. The van der Waals surface area contributed by atoms with Gasteiger partial charge in [-0.1, -0.05) is 0 Å². The summed E-state index contributed by atoms with van der Waals surface area (Å²) < 4.78 is 0.934. The van der Waals surface area contributed by atoms with E-state index >= 15 is 0 Å². The van der Waals surface area contributed by atoms with Gasteiger partial charge in [-0.3, -0.25) is 19.8 Å². The van der Waals surface area contributed by atoms with Gasteiger partial charge in [0.25, 0.3) is 0 Å². The maximum absolute atomic E-state index is 11.5. The molecule has 4 amide bonds. The van der Waals surface area contributed by atoms with Crippen LogP contribution in [-0.2, 0) is 16.1 Å². The highest BCUT2D eigenvalue weighted by atomic mass is 79.9. The average Bonchev–Trinajstić information content (AvgIpc) is 2.58. The molecule has 0 atom stereocenters. The molecule has 1 saturated heterocycles. The lowest BCUT2D eigenvalue weighted by Gasteiger charge is -2.23. The van der Waals surface area contributed by atoms with E-state index in [0.29, 0.717) is 0 Å². The Labute approximate surface area is 104 Å². The molecular weight excluding hydrogens is 296 g/mol. The SMILES string of the molecule is O=C1CC(=O)N(Cc2ccc(Br)s2)C(=O)N1. The fourth-order valence-corrected chi connectivity index (χ4v) is 2.80. The van der Waals surface area contributed by atoms with Crippen molar-refractivity contribution >= 4 is 45.1 Å². The number of carbonyl (C=O) groups excluding carboxylic acids is 3. The second kappa shape index (κ2) is 4.34. The Morgan fingerprint density at radius 3 is 2.69 bits per heavy atom. The van der Waals surface area contributed by atoms with Crippen molar-refractivity contribution in [2.75, 3.05) is 0 Å². The first kappa shape index (κ1) is 11.3. The van der Waals surface area contributed by atoms with Crippen molar-refractivity contribution in [1.82, 2.24) is 10.2 Å². The molecule has 0 bridgehead atoms. The van der Waals surface area contributed by atoms with E-state index in [0.717, 1.165) is 13.6 Å². The molecule has 1 N–H and O–H groups in total. The molecule has 1 aromatic rings. The zero-order valence-corrected chi connectivity index (χ0v) is 10.4. The van der Waals surface area contributed by atoms with Crippen LogP contribution in [-0.4, -0.2) is 22.7 Å². The number of carbonyl (C=O) groups is 3. The van der Waals surface area contributed by atoms with Gasteiger partial charge in [-0.25, -0.2) is 4.79 Å². The zero-order valence-electron chi connectivity index (χ0n) is 8.03. The number of halogens is 1. The lowest BCUT2D eigenvalue weighted by Crippen LogP contribution is -2.52. The predicted octanol–water partition coefficient (Wildman–Crippen LogP) is 1.48. The lowest BCUT2D eigenvalue weighted by atomic mass is 10.3. The molecule has 0 aromatic carbocycles. The first-order valence-electron chi connectivity index (χ1n) is 4.44. The highest BCUT2D eigenvalue weighted by molar-refractivity contribution is 9.11. The molecule has 0 radical (unpaired) electrons. The van der Waals surface area contributed by atoms with Crippen LogP contribution in [0.25, 0.3) is 0 Å². The average molecular weight is 303 g/mol. The summed E-state index contributed by atoms with van der Waals surface area (Å²) in [5.74, 6) is -1.00. The number of urea groups is 1. The van der Waals surface area contributed by atoms with Crippen LogP contribution in [0.3, 0.4) is 0 Å². The fraction of sp³-hybridized carbons (Fsp3) is 0.222. The lowest BCUT2D eigenvalue weighted by molar-refractivity contribution is -0.136. The smallest absolute Gasteiger partial charge is 0.277 e. The summed E-state index contributed by atoms with van der Waals surface area (Å²) in [5.41, 5.74) is 0. The standard InChI is InChI=1S/C9H7BrN2O3S/c10-6-2-1-5(16-6)4-12-8(14)3-7(13)11-9(12)15/h1-2H,3-4H2,(H,11,13,15). The van der Waals surface area contributed by atoms with E-state index in [1.807, 2.05) is 12.1 Å². The number of imide groups is 2. The Morgan fingerprint density at radius 2 is 2.12 bits per heavy atom. The topological polar surface area (TPSA) is 66.5 Å². The summed E-state index contributed by atoms with van der Waals surface area (Å²) in [7, 11) is 0. The Bertz CT molecular complexity index is 451. The predicted molar refractivity (Wildman–Crippen MR) is 60.7 cm³/mol. The number of barbiturate groups is 1. The van der Waals surface area contributed by atoms with Crippen molar-refractivity contribution < 1.29 is 14.4 Å². The van der Waals surface area contributed by atoms with Crippen LogP contribution in [0, 0.1) is 0 Å². The third kappa shape index (κ3) is 2.30. The molecule has 2 rings (SSSR count). The fourth-order valence-electron chi connectivity index (χ4n) is 1.33. The Morgan fingerprint density at radius 1 is 1.38 bits per heavy atom. The van der Waals surface area contributed by atoms with Crippen molar-refractivity contribution in [3.05, 3.63) is 20.8 Å². The first-order valence-corrected chi connectivity index (χ1v) is 6.05. The van der Waals surface area contributed by atoms with Crippen LogP contribution in [0.4, 0.5) is 4.79 Å². The van der Waals surface area contributed by atoms with Crippen LogP contribution in [0.5, 0.6) is 0 Å². The first-order chi connectivity index (χ1) is 7.56. The molecular formula is C9H7BrN2O3S. The van der Waals surface area contributed by atoms with E-state index in [2.05, 4.69) is 21.2 Å². The number of nitrogens with zero attached hydrogens (tertiary/aromatic N) is 1. The van der Waals surface area contributed by atoms with E-state index in [-0.39, 0.29) is 13.0 Å². The molecule has 7 heteroatoms. The maximum Gasteiger partial charge on any atom is 0.331 e. The van der Waals surface area contributed by atoms with Gasteiger partial charge >= 0.3 is 6.03 Å². The molecule has 2 heterocycles. The van der Waals surface area contributed by atoms with Crippen molar-refractivity contribution in [3.8, 4) is 0 Å². The van der Waals surface area contributed by atoms with Crippen molar-refractivity contribution in [2.45, 2.75) is 13.0 Å². The molecule has 84 valence electrons. The molecule has 0 unspecified atom stereocenters. The summed E-state index contributed by atoms with van der Waals surface area (Å²) in [4.78, 5) is 35.7. The van der Waals surface area contributed by atoms with Crippen molar-refractivity contribution in [1.29, 1.82) is 0 Å². The van der Waals surface area contributed by atoms with Gasteiger partial charge in [0.15, 0.2) is 0 Å². The van der Waals surface area contributed by atoms with Crippen LogP contribution in [0.15, 0.2) is 15.9 Å². The van der Waals surface area contributed by atoms with Gasteiger partial charge in [0.2, 0.25) is 11.8 Å². The van der Waals surface area contributed by atoms with Gasteiger partial charge in [-0.15, -0.1) is 11.3 Å². The van der Waals surface area contributed by atoms with Crippen LogP contribution >= 0.6 is 27.3 Å². The molecule has 1 aromatic heterocycles. The van der Waals surface area contributed by atoms with Gasteiger partial charge in [0, 0.05) is 4.88 Å². The summed E-state index contributed by atoms with van der Waals surface area (Å²) in [6.07, 6.45) is -0.266. The van der Waals surface area contributed by atoms with Crippen molar-refractivity contribution in [3.63, 3.8) is 0 Å². The van der Waals surface area contributed by atoms with Crippen molar-refractivity contribution in [2.24, 2.45) is 0 Å². The Balaban J connectivity index is 2.12. The number of thiophene rings is 1. The molecule has 1 aliphatic rings. The molecule has 1 fully saturated rings. The van der Waals surface area contributed by atoms with E-state index in [9.17, 15) is 14.4 Å². The third-order valence-corrected chi connectivity index (χ3v) is 3.66. The summed E-state index contributed by atoms with van der Waals surface area (Å²) in [6.45, 7) is 0.203. The minimum Gasteiger partial charge on any atom is -0.277 e. The van der Waals surface area contributed by atoms with Crippen LogP contribution in [0.1, 0.15) is 11.3 Å². The molecule has 0 aliphatic carbocycles. The van der Waals surface area contributed by atoms with Gasteiger partial charge in [-0.2, -0.15) is 0 Å². The summed E-state index contributed by atoms with van der Waals surface area (Å²) in [5, 5.41) is 2.11. The largest absolute Gasteiger partial charge is 0.331 e. The quantitative estimate of drug-likeness (QED) is 0.842. The monoisotopic (exact) mass is 302 g/mol. The normalized spacial score (nSPS) is 16.6. The Kier molecular flexibility index (Phi) is 3.06. The second-order valence-corrected chi connectivity index (χ2v) is 5.76. The zero-order chi connectivity index (χ0) is 11.7. The molecule has 5 nitrogen and oxygen atoms in total. The summed E-state index contributed by atoms with van der Waals surface area (Å²) in [6, 6.07) is 3.02. The number of nitrogens with one attached hydrogen (secondary N) is 1. The molecule has 0 saturated carbocycles. The molecule has 16 heavy (non-hydrogen) atoms. The second-order valence-electron chi connectivity index (χ2n) is 3.22. The van der Waals surface area contributed by atoms with E-state index < -0.39 is 17.8 Å². The van der Waals surface area contributed by atoms with Crippen LogP contribution in [0.2, 0.25) is 0 Å². The van der Waals surface area contributed by atoms with Gasteiger partial charge in [-0.05, 0) is 28.1 Å². The van der Waals surface area contributed by atoms with E-state index in [1.165, 1.54) is 11.3 Å². The minimum absolute atomic E-state index is 0.203. The highest BCUT2D eigenvalue weighted by Gasteiger charge is 2.30. The van der Waals surface area contributed by atoms with Gasteiger partial charge < -0.3 is 0 Å². The molecule has 0 spiro atoms. The van der Waals surface area contributed by atoms with E-state index in [1.54, 1.807) is 0 Å². The molecule has 1 aliphatic heterocycles. The third-order valence-electron chi connectivity index (χ3n) is 2.05. The highest BCUT2D eigenvalue weighted by Crippen LogP contribution is 2.23. The number of hydrogen-bond donors (Lipinski definition) is 1. The maximum atomic E-state index is 11.5. The van der Waals surface area contributed by atoms with Crippen LogP contribution < -0.4 is 5.32 Å². The summed E-state index contributed by atoms with van der Waals surface area (Å²) >= 11 is 4.74. The number of rotatable bonds is 2. The number of amides is 4. The Hall–Kier alpha value is -1.21.